The van der Waals surface area contributed by atoms with Crippen molar-refractivity contribution in [1.82, 2.24) is 9.13 Å². The molecule has 1 aliphatic rings. The molecule has 32 heavy (non-hydrogen) atoms. The molecule has 0 amide bonds. The predicted octanol–water partition coefficient (Wildman–Crippen LogP) is 3.15. The van der Waals surface area contributed by atoms with E-state index < -0.39 is 0 Å². The number of hydrogen-bond donors (Lipinski definition) is 1. The molecule has 7 heteroatoms. The molecule has 0 saturated carbocycles. The molecule has 4 rings (SSSR count). The standard InChI is InChI=1S/C25H27N5O2/c1-5-16-29-24(31)22-21(26-18-11-13-19(14-12-18)27(2)3)15-17-28(4)23(22)30(25(29)32)20-9-7-6-8-10-20/h5-15,26H,1,16-17H2,2-4H3. The zero-order valence-electron chi connectivity index (χ0n) is 18.6. The summed E-state index contributed by atoms with van der Waals surface area (Å²) in [4.78, 5) is 30.8. The Labute approximate surface area is 187 Å². The molecule has 0 aliphatic carbocycles. The van der Waals surface area contributed by atoms with Crippen molar-refractivity contribution < 1.29 is 0 Å². The summed E-state index contributed by atoms with van der Waals surface area (Å²) in [5.74, 6) is 0.571. The van der Waals surface area contributed by atoms with Crippen molar-refractivity contribution in [3.05, 3.63) is 99.7 Å². The van der Waals surface area contributed by atoms with Crippen LogP contribution < -0.4 is 26.4 Å². The van der Waals surface area contributed by atoms with Gasteiger partial charge in [-0.1, -0.05) is 24.3 Å². The smallest absolute Gasteiger partial charge is 0.337 e. The summed E-state index contributed by atoms with van der Waals surface area (Å²) in [6.07, 6.45) is 3.54. The zero-order chi connectivity index (χ0) is 22.8. The molecular formula is C25H27N5O2. The van der Waals surface area contributed by atoms with Crippen molar-refractivity contribution in [1.29, 1.82) is 0 Å². The largest absolute Gasteiger partial charge is 0.378 e. The van der Waals surface area contributed by atoms with Crippen LogP contribution in [0.15, 0.2) is 82.9 Å². The van der Waals surface area contributed by atoms with E-state index in [2.05, 4.69) is 11.9 Å². The minimum atomic E-state index is -0.386. The van der Waals surface area contributed by atoms with Crippen LogP contribution in [0.25, 0.3) is 11.4 Å². The first-order chi connectivity index (χ1) is 15.4. The van der Waals surface area contributed by atoms with Crippen molar-refractivity contribution in [3.8, 4) is 5.69 Å². The first-order valence-corrected chi connectivity index (χ1v) is 10.4. The van der Waals surface area contributed by atoms with Gasteiger partial charge in [0.1, 0.15) is 11.4 Å². The molecule has 0 unspecified atom stereocenters. The van der Waals surface area contributed by atoms with Crippen LogP contribution >= 0.6 is 0 Å². The van der Waals surface area contributed by atoms with Gasteiger partial charge in [-0.15, -0.1) is 6.58 Å². The Hall–Kier alpha value is -4.00. The van der Waals surface area contributed by atoms with Crippen LogP contribution in [0.2, 0.25) is 0 Å². The van der Waals surface area contributed by atoms with Crippen LogP contribution in [0.5, 0.6) is 0 Å². The molecule has 0 radical (unpaired) electrons. The van der Waals surface area contributed by atoms with Gasteiger partial charge in [0.05, 0.1) is 11.4 Å². The highest BCUT2D eigenvalue weighted by atomic mass is 16.2. The second-order valence-corrected chi connectivity index (χ2v) is 7.92. The molecule has 2 aromatic carbocycles. The molecular weight excluding hydrogens is 402 g/mol. The maximum absolute atomic E-state index is 13.5. The number of nitrogens with zero attached hydrogens (tertiary/aromatic N) is 4. The maximum atomic E-state index is 13.5. The first kappa shape index (κ1) is 21.2. The van der Waals surface area contributed by atoms with Crippen LogP contribution in [0.1, 0.15) is 5.56 Å². The summed E-state index contributed by atoms with van der Waals surface area (Å²) in [6, 6.07) is 17.4. The zero-order valence-corrected chi connectivity index (χ0v) is 18.6. The SMILES string of the molecule is C=CCn1c(=O)c2c(n(-c3ccccc3)c1=O)N(C)CC=C2Nc1ccc(N(C)C)cc1. The van der Waals surface area contributed by atoms with E-state index in [-0.39, 0.29) is 17.8 Å². The van der Waals surface area contributed by atoms with E-state index in [1.54, 1.807) is 10.6 Å². The van der Waals surface area contributed by atoms with Crippen molar-refractivity contribution in [3.63, 3.8) is 0 Å². The molecule has 0 spiro atoms. The van der Waals surface area contributed by atoms with Gasteiger partial charge in [0, 0.05) is 45.6 Å². The molecule has 2 heterocycles. The Morgan fingerprint density at radius 1 is 1.06 bits per heavy atom. The Morgan fingerprint density at radius 2 is 1.75 bits per heavy atom. The highest BCUT2D eigenvalue weighted by Crippen LogP contribution is 2.30. The van der Waals surface area contributed by atoms with Crippen LogP contribution in [-0.4, -0.2) is 36.8 Å². The van der Waals surface area contributed by atoms with Crippen LogP contribution in [-0.2, 0) is 6.54 Å². The van der Waals surface area contributed by atoms with Gasteiger partial charge in [-0.05, 0) is 42.5 Å². The highest BCUT2D eigenvalue weighted by molar-refractivity contribution is 5.85. The number of fused-ring (bicyclic) bond motifs is 1. The topological polar surface area (TPSA) is 62.5 Å². The monoisotopic (exact) mass is 429 g/mol. The molecule has 0 bridgehead atoms. The number of para-hydroxylation sites is 1. The average Bonchev–Trinajstić information content (AvgIpc) is 2.79. The van der Waals surface area contributed by atoms with Gasteiger partial charge >= 0.3 is 5.69 Å². The summed E-state index contributed by atoms with van der Waals surface area (Å²) in [5, 5.41) is 3.39. The number of anilines is 3. The van der Waals surface area contributed by atoms with E-state index in [0.29, 0.717) is 29.3 Å². The number of nitrogens with one attached hydrogen (secondary N) is 1. The quantitative estimate of drug-likeness (QED) is 0.610. The molecule has 164 valence electrons. The second kappa shape index (κ2) is 8.63. The summed E-state index contributed by atoms with van der Waals surface area (Å²) in [6.45, 7) is 4.41. The third-order valence-corrected chi connectivity index (χ3v) is 5.51. The predicted molar refractivity (Wildman–Crippen MR) is 132 cm³/mol. The fraction of sp³-hybridized carbons (Fsp3) is 0.200. The lowest BCUT2D eigenvalue weighted by Crippen LogP contribution is -2.45. The summed E-state index contributed by atoms with van der Waals surface area (Å²) < 4.78 is 2.83. The molecule has 1 aliphatic heterocycles. The first-order valence-electron chi connectivity index (χ1n) is 10.4. The second-order valence-electron chi connectivity index (χ2n) is 7.92. The van der Waals surface area contributed by atoms with E-state index >= 15 is 0 Å². The summed E-state index contributed by atoms with van der Waals surface area (Å²) >= 11 is 0. The average molecular weight is 430 g/mol. The fourth-order valence-corrected chi connectivity index (χ4v) is 3.87. The molecule has 0 atom stereocenters. The van der Waals surface area contributed by atoms with Crippen LogP contribution in [0, 0.1) is 0 Å². The lowest BCUT2D eigenvalue weighted by Gasteiger charge is -2.30. The Morgan fingerprint density at radius 3 is 2.38 bits per heavy atom. The van der Waals surface area contributed by atoms with Gasteiger partial charge in [0.2, 0.25) is 0 Å². The van der Waals surface area contributed by atoms with Gasteiger partial charge in [0.15, 0.2) is 0 Å². The minimum absolute atomic E-state index is 0.131. The maximum Gasteiger partial charge on any atom is 0.337 e. The van der Waals surface area contributed by atoms with E-state index in [9.17, 15) is 9.59 Å². The van der Waals surface area contributed by atoms with Crippen LogP contribution in [0.3, 0.4) is 0 Å². The lowest BCUT2D eigenvalue weighted by atomic mass is 10.1. The van der Waals surface area contributed by atoms with Gasteiger partial charge in [0.25, 0.3) is 5.56 Å². The van der Waals surface area contributed by atoms with Crippen molar-refractivity contribution in [2.45, 2.75) is 6.54 Å². The van der Waals surface area contributed by atoms with Crippen molar-refractivity contribution in [2.24, 2.45) is 0 Å². The number of allylic oxidation sites excluding steroid dienone is 1. The van der Waals surface area contributed by atoms with Gasteiger partial charge in [-0.25, -0.2) is 9.36 Å². The van der Waals surface area contributed by atoms with Gasteiger partial charge in [-0.3, -0.25) is 9.36 Å². The molecule has 0 saturated heterocycles. The highest BCUT2D eigenvalue weighted by Gasteiger charge is 2.27. The Kier molecular flexibility index (Phi) is 5.73. The third-order valence-electron chi connectivity index (χ3n) is 5.51. The van der Waals surface area contributed by atoms with Crippen molar-refractivity contribution in [2.75, 3.05) is 42.8 Å². The lowest BCUT2D eigenvalue weighted by molar-refractivity contribution is 0.670. The third kappa shape index (κ3) is 3.73. The Bertz CT molecular complexity index is 1280. The van der Waals surface area contributed by atoms with Gasteiger partial charge < -0.3 is 15.1 Å². The van der Waals surface area contributed by atoms with Crippen LogP contribution in [0.4, 0.5) is 17.2 Å². The van der Waals surface area contributed by atoms with Gasteiger partial charge in [-0.2, -0.15) is 0 Å². The minimum Gasteiger partial charge on any atom is -0.378 e. The van der Waals surface area contributed by atoms with E-state index in [1.807, 2.05) is 91.6 Å². The Balaban J connectivity index is 1.91. The number of rotatable bonds is 6. The number of benzene rings is 2. The normalized spacial score (nSPS) is 12.7. The van der Waals surface area contributed by atoms with E-state index in [0.717, 1.165) is 11.4 Å². The van der Waals surface area contributed by atoms with E-state index in [4.69, 9.17) is 0 Å². The number of likely N-dealkylation sites (N-methyl/N-ethyl adjacent to an activating group) is 1. The summed E-state index contributed by atoms with van der Waals surface area (Å²) in [5.41, 5.74) is 3.07. The van der Waals surface area contributed by atoms with E-state index in [1.165, 1.54) is 4.57 Å². The molecule has 7 nitrogen and oxygen atoms in total. The van der Waals surface area contributed by atoms with Crippen molar-refractivity contribution >= 4 is 22.9 Å². The number of hydrogen-bond acceptors (Lipinski definition) is 5. The molecule has 0 fully saturated rings. The number of aromatic nitrogens is 2. The summed E-state index contributed by atoms with van der Waals surface area (Å²) in [7, 11) is 5.86. The molecule has 1 aromatic heterocycles. The fourth-order valence-electron chi connectivity index (χ4n) is 3.87. The molecule has 1 N–H and O–H groups in total. The molecule has 3 aromatic rings.